The molecule has 1 aliphatic carbocycles. The summed E-state index contributed by atoms with van der Waals surface area (Å²) < 4.78 is 31.9. The topological polar surface area (TPSA) is 115 Å². The minimum atomic E-state index is -4.65. The van der Waals surface area contributed by atoms with Gasteiger partial charge in [0.25, 0.3) is 10.1 Å². The van der Waals surface area contributed by atoms with Crippen molar-refractivity contribution in [2.24, 2.45) is 0 Å². The highest BCUT2D eigenvalue weighted by Crippen LogP contribution is 2.37. The van der Waals surface area contributed by atoms with Gasteiger partial charge in [0.05, 0.1) is 5.69 Å². The lowest BCUT2D eigenvalue weighted by atomic mass is 9.84. The summed E-state index contributed by atoms with van der Waals surface area (Å²) in [7, 11) is -4.65. The zero-order valence-corrected chi connectivity index (χ0v) is 12.6. The van der Waals surface area contributed by atoms with Gasteiger partial charge in [-0.15, -0.1) is 12.6 Å². The standard InChI is InChI=1S/C14H9NO5S2/c15-11-9(22(18,19)20)5-8-10(14(11)21)13(17)7-4-2-1-3-6(7)12(8)16/h1-5,21H,15H2,(H,18,19,20). The highest BCUT2D eigenvalue weighted by atomic mass is 32.2. The second-order valence-corrected chi connectivity index (χ2v) is 6.58. The number of hydrogen-bond donors (Lipinski definition) is 3. The number of nitrogens with two attached hydrogens (primary N) is 1. The third-order valence-electron chi connectivity index (χ3n) is 3.47. The van der Waals surface area contributed by atoms with E-state index in [9.17, 15) is 22.6 Å². The molecule has 0 atom stereocenters. The van der Waals surface area contributed by atoms with Gasteiger partial charge in [-0.2, -0.15) is 8.42 Å². The molecule has 3 N–H and O–H groups in total. The number of fused-ring (bicyclic) bond motifs is 2. The van der Waals surface area contributed by atoms with Crippen molar-refractivity contribution in [1.29, 1.82) is 0 Å². The van der Waals surface area contributed by atoms with Gasteiger partial charge in [0.2, 0.25) is 0 Å². The van der Waals surface area contributed by atoms with Crippen molar-refractivity contribution < 1.29 is 22.6 Å². The first kappa shape index (κ1) is 14.8. The maximum absolute atomic E-state index is 12.5. The number of ketones is 2. The molecule has 0 radical (unpaired) electrons. The van der Waals surface area contributed by atoms with Crippen LogP contribution in [0, 0.1) is 0 Å². The largest absolute Gasteiger partial charge is 0.397 e. The Bertz CT molecular complexity index is 963. The second-order valence-electron chi connectivity index (χ2n) is 4.74. The van der Waals surface area contributed by atoms with Gasteiger partial charge in [-0.3, -0.25) is 14.1 Å². The molecule has 112 valence electrons. The molecule has 8 heteroatoms. The Balaban J connectivity index is 2.42. The predicted molar refractivity (Wildman–Crippen MR) is 81.2 cm³/mol. The SMILES string of the molecule is Nc1c(S(=O)(=O)O)cc2c(c1S)C(=O)c1ccccc1C2=O. The molecule has 0 aromatic heterocycles. The summed E-state index contributed by atoms with van der Waals surface area (Å²) in [5.41, 5.74) is 5.44. The molecule has 0 saturated heterocycles. The Morgan fingerprint density at radius 3 is 2.09 bits per heavy atom. The highest BCUT2D eigenvalue weighted by Gasteiger charge is 2.34. The number of benzene rings is 2. The van der Waals surface area contributed by atoms with Crippen LogP contribution in [0.5, 0.6) is 0 Å². The predicted octanol–water partition coefficient (Wildman–Crippen LogP) is 1.58. The molecule has 0 heterocycles. The third-order valence-corrected chi connectivity index (χ3v) is 4.83. The van der Waals surface area contributed by atoms with Crippen LogP contribution >= 0.6 is 12.6 Å². The molecule has 0 fully saturated rings. The Labute approximate surface area is 131 Å². The lowest BCUT2D eigenvalue weighted by Gasteiger charge is -2.20. The van der Waals surface area contributed by atoms with Crippen LogP contribution in [-0.4, -0.2) is 24.5 Å². The monoisotopic (exact) mass is 335 g/mol. The van der Waals surface area contributed by atoms with Crippen molar-refractivity contribution in [1.82, 2.24) is 0 Å². The van der Waals surface area contributed by atoms with Gasteiger partial charge in [0.1, 0.15) is 4.90 Å². The van der Waals surface area contributed by atoms with E-state index in [-0.39, 0.29) is 32.8 Å². The summed E-state index contributed by atoms with van der Waals surface area (Å²) in [6.45, 7) is 0. The molecule has 2 aromatic carbocycles. The van der Waals surface area contributed by atoms with Crippen LogP contribution in [0.4, 0.5) is 5.69 Å². The molecule has 0 spiro atoms. The van der Waals surface area contributed by atoms with Crippen LogP contribution in [0.2, 0.25) is 0 Å². The molecule has 6 nitrogen and oxygen atoms in total. The van der Waals surface area contributed by atoms with Gasteiger partial charge in [-0.05, 0) is 6.07 Å². The van der Waals surface area contributed by atoms with Gasteiger partial charge in [0.15, 0.2) is 11.6 Å². The lowest BCUT2D eigenvalue weighted by Crippen LogP contribution is -2.23. The Morgan fingerprint density at radius 2 is 1.55 bits per heavy atom. The Hall–Kier alpha value is -2.16. The minimum Gasteiger partial charge on any atom is -0.397 e. The van der Waals surface area contributed by atoms with E-state index in [0.717, 1.165) is 6.07 Å². The van der Waals surface area contributed by atoms with Crippen molar-refractivity contribution in [2.75, 3.05) is 5.73 Å². The van der Waals surface area contributed by atoms with Crippen molar-refractivity contribution in [3.63, 3.8) is 0 Å². The van der Waals surface area contributed by atoms with Crippen LogP contribution in [0.3, 0.4) is 0 Å². The van der Waals surface area contributed by atoms with Gasteiger partial charge in [-0.1, -0.05) is 24.3 Å². The van der Waals surface area contributed by atoms with Crippen LogP contribution < -0.4 is 5.73 Å². The quantitative estimate of drug-likeness (QED) is 0.353. The van der Waals surface area contributed by atoms with E-state index in [1.54, 1.807) is 12.1 Å². The zero-order chi connectivity index (χ0) is 16.2. The van der Waals surface area contributed by atoms with Gasteiger partial charge < -0.3 is 5.73 Å². The second kappa shape index (κ2) is 4.67. The van der Waals surface area contributed by atoms with Crippen LogP contribution in [0.25, 0.3) is 0 Å². The van der Waals surface area contributed by atoms with Gasteiger partial charge in [-0.25, -0.2) is 0 Å². The molecular formula is C14H9NO5S2. The van der Waals surface area contributed by atoms with Crippen LogP contribution in [0.15, 0.2) is 40.1 Å². The highest BCUT2D eigenvalue weighted by molar-refractivity contribution is 7.86. The summed E-state index contributed by atoms with van der Waals surface area (Å²) >= 11 is 4.07. The van der Waals surface area contributed by atoms with E-state index in [2.05, 4.69) is 12.6 Å². The molecule has 3 rings (SSSR count). The number of thiol groups is 1. The molecular weight excluding hydrogens is 326 g/mol. The maximum atomic E-state index is 12.5. The molecule has 1 aliphatic rings. The van der Waals surface area contributed by atoms with E-state index in [0.29, 0.717) is 0 Å². The third kappa shape index (κ3) is 1.96. The Morgan fingerprint density at radius 1 is 1.00 bits per heavy atom. The van der Waals surface area contributed by atoms with Crippen molar-refractivity contribution in [3.05, 3.63) is 52.6 Å². The van der Waals surface area contributed by atoms with Crippen LogP contribution in [-0.2, 0) is 10.1 Å². The first-order valence-corrected chi connectivity index (χ1v) is 7.93. The number of carbonyl (C=O) groups is 2. The number of anilines is 1. The molecule has 0 saturated carbocycles. The van der Waals surface area contributed by atoms with E-state index >= 15 is 0 Å². The number of hydrogen-bond acceptors (Lipinski definition) is 6. The van der Waals surface area contributed by atoms with E-state index in [4.69, 9.17) is 5.73 Å². The summed E-state index contributed by atoms with van der Waals surface area (Å²) in [5.74, 6) is -0.991. The molecule has 0 amide bonds. The lowest BCUT2D eigenvalue weighted by molar-refractivity contribution is 0.0976. The first-order chi connectivity index (χ1) is 10.2. The average molecular weight is 335 g/mol. The van der Waals surface area contributed by atoms with E-state index in [1.807, 2.05) is 0 Å². The van der Waals surface area contributed by atoms with E-state index in [1.165, 1.54) is 12.1 Å². The first-order valence-electron chi connectivity index (χ1n) is 6.05. The maximum Gasteiger partial charge on any atom is 0.296 e. The molecule has 0 aliphatic heterocycles. The molecule has 22 heavy (non-hydrogen) atoms. The smallest absolute Gasteiger partial charge is 0.296 e. The molecule has 0 unspecified atom stereocenters. The fraction of sp³-hybridized carbons (Fsp3) is 0. The summed E-state index contributed by atoms with van der Waals surface area (Å²) in [6.07, 6.45) is 0. The number of nitrogen functional groups attached to an aromatic ring is 1. The van der Waals surface area contributed by atoms with E-state index < -0.39 is 26.6 Å². The molecule has 2 aromatic rings. The van der Waals surface area contributed by atoms with Gasteiger partial charge >= 0.3 is 0 Å². The van der Waals surface area contributed by atoms with Crippen molar-refractivity contribution in [2.45, 2.75) is 9.79 Å². The Kier molecular flexibility index (Phi) is 3.13. The fourth-order valence-electron chi connectivity index (χ4n) is 2.44. The molecule has 0 bridgehead atoms. The zero-order valence-electron chi connectivity index (χ0n) is 10.9. The summed E-state index contributed by atoms with van der Waals surface area (Å²) in [6, 6.07) is 7.09. The number of carbonyl (C=O) groups excluding carboxylic acids is 2. The number of rotatable bonds is 1. The summed E-state index contributed by atoms with van der Waals surface area (Å²) in [5, 5.41) is 0. The fourth-order valence-corrected chi connectivity index (χ4v) is 3.51. The van der Waals surface area contributed by atoms with Crippen molar-refractivity contribution >= 4 is 40.0 Å². The van der Waals surface area contributed by atoms with Crippen molar-refractivity contribution in [3.8, 4) is 0 Å². The average Bonchev–Trinajstić information content (AvgIpc) is 2.46. The normalized spacial score (nSPS) is 13.7. The minimum absolute atomic E-state index is 0.0584. The summed E-state index contributed by atoms with van der Waals surface area (Å²) in [4.78, 5) is 24.2. The van der Waals surface area contributed by atoms with Crippen LogP contribution in [0.1, 0.15) is 31.8 Å². The van der Waals surface area contributed by atoms with Gasteiger partial charge in [0, 0.05) is 27.1 Å².